The Morgan fingerprint density at radius 2 is 1.63 bits per heavy atom. The fourth-order valence-corrected chi connectivity index (χ4v) is 4.35. The summed E-state index contributed by atoms with van der Waals surface area (Å²) in [5.74, 6) is -1.67. The number of nitrogens with zero attached hydrogens (tertiary/aromatic N) is 3. The van der Waals surface area contributed by atoms with Crippen LogP contribution in [0.1, 0.15) is 38.3 Å². The number of pyridine rings is 1. The quantitative estimate of drug-likeness (QED) is 0.334. The van der Waals surface area contributed by atoms with Crippen LogP contribution in [0.4, 0.5) is 5.13 Å². The zero-order valence-electron chi connectivity index (χ0n) is 19.3. The van der Waals surface area contributed by atoms with Crippen LogP contribution < -0.4 is 4.90 Å². The van der Waals surface area contributed by atoms with Crippen molar-refractivity contribution in [1.29, 1.82) is 0 Å². The Morgan fingerprint density at radius 1 is 0.886 bits per heavy atom. The van der Waals surface area contributed by atoms with Gasteiger partial charge in [-0.2, -0.15) is 0 Å². The number of amides is 1. The number of carbonyl (C=O) groups is 3. The molecule has 0 N–H and O–H groups in total. The number of esters is 2. The van der Waals surface area contributed by atoms with Crippen LogP contribution in [-0.4, -0.2) is 41.0 Å². The molecule has 1 amide bonds. The van der Waals surface area contributed by atoms with Gasteiger partial charge < -0.3 is 9.47 Å². The van der Waals surface area contributed by atoms with Gasteiger partial charge in [0.05, 0.1) is 24.4 Å². The highest BCUT2D eigenvalue weighted by molar-refractivity contribution is 7.17. The minimum Gasteiger partial charge on any atom is -0.462 e. The topological polar surface area (TPSA) is 98.7 Å². The van der Waals surface area contributed by atoms with Crippen molar-refractivity contribution < 1.29 is 23.9 Å². The molecule has 35 heavy (non-hydrogen) atoms. The fourth-order valence-electron chi connectivity index (χ4n) is 3.37. The molecule has 0 aliphatic heterocycles. The van der Waals surface area contributed by atoms with Crippen molar-refractivity contribution in [2.24, 2.45) is 0 Å². The van der Waals surface area contributed by atoms with Crippen molar-refractivity contribution in [1.82, 2.24) is 9.97 Å². The molecule has 0 radical (unpaired) electrons. The molecular formula is C26H23N3O5S. The van der Waals surface area contributed by atoms with E-state index in [1.165, 1.54) is 4.90 Å². The third-order valence-corrected chi connectivity index (χ3v) is 6.26. The number of hydrogen-bond donors (Lipinski definition) is 0. The first-order valence-electron chi connectivity index (χ1n) is 11.0. The lowest BCUT2D eigenvalue weighted by Gasteiger charge is -2.20. The van der Waals surface area contributed by atoms with Gasteiger partial charge in [0.15, 0.2) is 11.7 Å². The van der Waals surface area contributed by atoms with Crippen LogP contribution in [0.25, 0.3) is 10.9 Å². The molecule has 0 spiro atoms. The Bertz CT molecular complexity index is 1370. The summed E-state index contributed by atoms with van der Waals surface area (Å²) in [5, 5.41) is 1.21. The summed E-state index contributed by atoms with van der Waals surface area (Å²) >= 11 is 1.06. The summed E-state index contributed by atoms with van der Waals surface area (Å²) in [6.45, 7) is 3.33. The average molecular weight is 490 g/mol. The molecule has 4 aromatic rings. The highest BCUT2D eigenvalue weighted by atomic mass is 32.1. The highest BCUT2D eigenvalue weighted by Crippen LogP contribution is 2.28. The van der Waals surface area contributed by atoms with E-state index in [9.17, 15) is 14.4 Å². The summed E-state index contributed by atoms with van der Waals surface area (Å²) < 4.78 is 10.4. The van der Waals surface area contributed by atoms with E-state index in [1.54, 1.807) is 32.0 Å². The molecular weight excluding hydrogens is 466 g/mol. The number of hydrogen-bond acceptors (Lipinski definition) is 8. The van der Waals surface area contributed by atoms with Gasteiger partial charge in [0.25, 0.3) is 5.91 Å². The van der Waals surface area contributed by atoms with Crippen LogP contribution in [0.3, 0.4) is 0 Å². The van der Waals surface area contributed by atoms with E-state index in [0.29, 0.717) is 21.2 Å². The van der Waals surface area contributed by atoms with Crippen molar-refractivity contribution in [2.45, 2.75) is 20.4 Å². The van der Waals surface area contributed by atoms with E-state index >= 15 is 0 Å². The Balaban J connectivity index is 1.53. The van der Waals surface area contributed by atoms with Gasteiger partial charge in [-0.3, -0.25) is 9.69 Å². The van der Waals surface area contributed by atoms with E-state index < -0.39 is 24.5 Å². The number of fused-ring (bicyclic) bond motifs is 1. The maximum atomic E-state index is 13.2. The summed E-state index contributed by atoms with van der Waals surface area (Å²) in [6, 6.07) is 20.1. The van der Waals surface area contributed by atoms with Crippen molar-refractivity contribution in [3.05, 3.63) is 88.6 Å². The first kappa shape index (κ1) is 24.0. The number of para-hydroxylation sites is 1. The number of aryl methyl sites for hydroxylation is 1. The number of rotatable bonds is 8. The molecule has 0 unspecified atom stereocenters. The highest BCUT2D eigenvalue weighted by Gasteiger charge is 2.25. The van der Waals surface area contributed by atoms with E-state index in [2.05, 4.69) is 9.97 Å². The van der Waals surface area contributed by atoms with Gasteiger partial charge in [-0.1, -0.05) is 65.9 Å². The number of thiazole rings is 1. The summed E-state index contributed by atoms with van der Waals surface area (Å²) in [5.41, 5.74) is 2.09. The number of anilines is 1. The third-order valence-electron chi connectivity index (χ3n) is 5.10. The number of benzene rings is 2. The first-order chi connectivity index (χ1) is 17.0. The Hall–Kier alpha value is -4.11. The van der Waals surface area contributed by atoms with Gasteiger partial charge in [-0.05, 0) is 31.5 Å². The zero-order valence-corrected chi connectivity index (χ0v) is 20.1. The summed E-state index contributed by atoms with van der Waals surface area (Å²) in [7, 11) is 0. The predicted molar refractivity (Wildman–Crippen MR) is 132 cm³/mol. The van der Waals surface area contributed by atoms with Crippen LogP contribution >= 0.6 is 11.3 Å². The second-order valence-electron chi connectivity index (χ2n) is 7.56. The molecule has 2 aromatic heterocycles. The van der Waals surface area contributed by atoms with Crippen LogP contribution in [-0.2, 0) is 20.8 Å². The van der Waals surface area contributed by atoms with Gasteiger partial charge in [0.2, 0.25) is 0 Å². The Labute approximate surface area is 206 Å². The molecule has 0 atom stereocenters. The van der Waals surface area contributed by atoms with Crippen LogP contribution in [0.15, 0.2) is 66.7 Å². The molecule has 0 aliphatic carbocycles. The van der Waals surface area contributed by atoms with Gasteiger partial charge in [0.1, 0.15) is 10.6 Å². The molecule has 0 bridgehead atoms. The van der Waals surface area contributed by atoms with E-state index in [-0.39, 0.29) is 18.8 Å². The Morgan fingerprint density at radius 3 is 2.40 bits per heavy atom. The van der Waals surface area contributed by atoms with Crippen molar-refractivity contribution in [2.75, 3.05) is 18.1 Å². The normalized spacial score (nSPS) is 10.7. The average Bonchev–Trinajstić information content (AvgIpc) is 3.27. The lowest BCUT2D eigenvalue weighted by Crippen LogP contribution is -2.34. The summed E-state index contributed by atoms with van der Waals surface area (Å²) in [6.07, 6.45) is 0. The van der Waals surface area contributed by atoms with Crippen molar-refractivity contribution in [3.63, 3.8) is 0 Å². The van der Waals surface area contributed by atoms with Gasteiger partial charge >= 0.3 is 11.9 Å². The zero-order chi connectivity index (χ0) is 24.8. The first-order valence-corrected chi connectivity index (χ1v) is 11.8. The van der Waals surface area contributed by atoms with Crippen molar-refractivity contribution >= 4 is 45.2 Å². The molecule has 4 rings (SSSR count). The maximum absolute atomic E-state index is 13.2. The molecule has 178 valence electrons. The Kier molecular flexibility index (Phi) is 7.47. The lowest BCUT2D eigenvalue weighted by molar-refractivity contribution is -0.121. The smallest absolute Gasteiger partial charge is 0.357 e. The van der Waals surface area contributed by atoms with Crippen LogP contribution in [0.5, 0.6) is 0 Å². The minimum atomic E-state index is -0.703. The third kappa shape index (κ3) is 5.70. The van der Waals surface area contributed by atoms with E-state index in [1.807, 2.05) is 48.5 Å². The largest absolute Gasteiger partial charge is 0.462 e. The van der Waals surface area contributed by atoms with E-state index in [4.69, 9.17) is 9.47 Å². The van der Waals surface area contributed by atoms with Gasteiger partial charge in [-0.15, -0.1) is 0 Å². The number of aromatic nitrogens is 2. The molecule has 2 heterocycles. The molecule has 0 fully saturated rings. The number of ether oxygens (including phenoxy) is 2. The standard InChI is InChI=1S/C26H23N3O5S/c1-3-33-25(32)23-17(2)27-26(35-23)29(15-18-9-5-4-6-10-18)22(30)16-34-24(31)21-14-13-19-11-7-8-12-20(19)28-21/h4-14H,3,15-16H2,1-2H3. The van der Waals surface area contributed by atoms with Crippen LogP contribution in [0, 0.1) is 6.92 Å². The maximum Gasteiger partial charge on any atom is 0.357 e. The number of carbonyl (C=O) groups excluding carboxylic acids is 3. The second kappa shape index (κ2) is 10.9. The van der Waals surface area contributed by atoms with Gasteiger partial charge in [-0.25, -0.2) is 19.6 Å². The van der Waals surface area contributed by atoms with Crippen LogP contribution in [0.2, 0.25) is 0 Å². The SMILES string of the molecule is CCOC(=O)c1sc(N(Cc2ccccc2)C(=O)COC(=O)c2ccc3ccccc3n2)nc1C. The molecule has 2 aromatic carbocycles. The van der Waals surface area contributed by atoms with E-state index in [0.717, 1.165) is 22.3 Å². The predicted octanol–water partition coefficient (Wildman–Crippen LogP) is 4.57. The molecule has 0 saturated heterocycles. The lowest BCUT2D eigenvalue weighted by atomic mass is 10.2. The monoisotopic (exact) mass is 489 g/mol. The molecule has 8 nitrogen and oxygen atoms in total. The van der Waals surface area contributed by atoms with Crippen molar-refractivity contribution in [3.8, 4) is 0 Å². The molecule has 9 heteroatoms. The summed E-state index contributed by atoms with van der Waals surface area (Å²) in [4.78, 5) is 48.5. The van der Waals surface area contributed by atoms with Gasteiger partial charge in [0, 0.05) is 5.39 Å². The second-order valence-corrected chi connectivity index (χ2v) is 8.54. The molecule has 0 saturated carbocycles. The fraction of sp³-hybridized carbons (Fsp3) is 0.192. The minimum absolute atomic E-state index is 0.112. The molecule has 0 aliphatic rings.